The Kier molecular flexibility index (Phi) is 6.19. The summed E-state index contributed by atoms with van der Waals surface area (Å²) < 4.78 is 11.1. The van der Waals surface area contributed by atoms with Crippen LogP contribution < -0.4 is 4.74 Å². The van der Waals surface area contributed by atoms with E-state index >= 15 is 0 Å². The van der Waals surface area contributed by atoms with Crippen molar-refractivity contribution in [1.82, 2.24) is 15.2 Å². The predicted molar refractivity (Wildman–Crippen MR) is 101 cm³/mol. The predicted octanol–water partition coefficient (Wildman–Crippen LogP) is 5.09. The van der Waals surface area contributed by atoms with Gasteiger partial charge in [-0.25, -0.2) is 4.98 Å². The number of hydrogen-bond donors (Lipinski definition) is 1. The van der Waals surface area contributed by atoms with Gasteiger partial charge in [0, 0.05) is 10.8 Å². The molecule has 3 aromatic rings. The van der Waals surface area contributed by atoms with Crippen molar-refractivity contribution in [2.45, 2.75) is 18.5 Å². The number of benzene rings is 1. The van der Waals surface area contributed by atoms with Crippen molar-refractivity contribution in [2.75, 3.05) is 12.4 Å². The second kappa shape index (κ2) is 8.78. The van der Waals surface area contributed by atoms with Crippen LogP contribution in [-0.2, 0) is 0 Å². The van der Waals surface area contributed by atoms with Crippen molar-refractivity contribution in [3.8, 4) is 5.75 Å². The molecule has 0 atom stereocenters. The minimum Gasteiger partial charge on any atom is -0.494 e. The third kappa shape index (κ3) is 5.69. The van der Waals surface area contributed by atoms with E-state index in [9.17, 15) is 0 Å². The fourth-order valence-corrected chi connectivity index (χ4v) is 2.89. The molecule has 1 N–H and O–H groups in total. The minimum absolute atomic E-state index is 0.643. The van der Waals surface area contributed by atoms with Crippen molar-refractivity contribution in [1.29, 1.82) is 0 Å². The fourth-order valence-electron chi connectivity index (χ4n) is 2.04. The zero-order valence-corrected chi connectivity index (χ0v) is 15.3. The Balaban J connectivity index is 1.38. The number of ether oxygens (including phenoxy) is 1. The summed E-state index contributed by atoms with van der Waals surface area (Å²) in [5.74, 6) is 4.09. The van der Waals surface area contributed by atoms with Crippen LogP contribution in [0.15, 0.2) is 46.0 Å². The Labute approximate surface area is 155 Å². The fraction of sp³-hybridized carbons (Fsp3) is 0.222. The van der Waals surface area contributed by atoms with E-state index in [1.54, 1.807) is 11.8 Å². The molecule has 1 aromatic carbocycles. The molecule has 25 heavy (non-hydrogen) atoms. The van der Waals surface area contributed by atoms with Gasteiger partial charge in [0.05, 0.1) is 6.61 Å². The summed E-state index contributed by atoms with van der Waals surface area (Å²) in [6, 6.07) is 11.2. The molecule has 5 nitrogen and oxygen atoms in total. The maximum absolute atomic E-state index is 5.84. The van der Waals surface area contributed by atoms with Crippen molar-refractivity contribution >= 4 is 35.5 Å². The monoisotopic (exact) mass is 375 g/mol. The van der Waals surface area contributed by atoms with Gasteiger partial charge in [-0.1, -0.05) is 23.4 Å². The van der Waals surface area contributed by atoms with Crippen LogP contribution in [0.5, 0.6) is 5.75 Å². The molecule has 0 bridgehead atoms. The Morgan fingerprint density at radius 1 is 1.20 bits per heavy atom. The lowest BCUT2D eigenvalue weighted by atomic mass is 10.3. The second-order valence-corrected chi connectivity index (χ2v) is 6.79. The average Bonchev–Trinajstić information content (AvgIpc) is 3.23. The number of aryl methyl sites for hydroxylation is 1. The highest BCUT2D eigenvalue weighted by Gasteiger charge is 2.02. The van der Waals surface area contributed by atoms with Gasteiger partial charge in [0.2, 0.25) is 5.16 Å². The molecule has 0 saturated carbocycles. The lowest BCUT2D eigenvalue weighted by Crippen LogP contribution is -1.98. The van der Waals surface area contributed by atoms with E-state index in [0.717, 1.165) is 34.6 Å². The highest BCUT2D eigenvalue weighted by Crippen LogP contribution is 2.17. The molecule has 0 spiro atoms. The standard InChI is InChI=1S/C18H18ClN3O2S/c1-13-3-6-16(24-13)9-10-17-20-18(22-21-17)25-12-2-11-23-15-7-4-14(19)5-8-15/h3-10H,2,11-12H2,1H3,(H,20,21,22)/b10-9+. The third-order valence-electron chi connectivity index (χ3n) is 3.25. The van der Waals surface area contributed by atoms with Crippen LogP contribution >= 0.6 is 23.4 Å². The number of nitrogens with zero attached hydrogens (tertiary/aromatic N) is 2. The topological polar surface area (TPSA) is 63.9 Å². The van der Waals surface area contributed by atoms with Crippen LogP contribution in [0.2, 0.25) is 5.02 Å². The molecule has 0 unspecified atom stereocenters. The summed E-state index contributed by atoms with van der Waals surface area (Å²) in [5.41, 5.74) is 0. The molecule has 3 rings (SSSR count). The molecule has 0 aliphatic carbocycles. The smallest absolute Gasteiger partial charge is 0.208 e. The van der Waals surface area contributed by atoms with Gasteiger partial charge < -0.3 is 9.15 Å². The number of halogens is 1. The number of H-pyrrole nitrogens is 1. The Morgan fingerprint density at radius 2 is 2.04 bits per heavy atom. The van der Waals surface area contributed by atoms with Crippen LogP contribution in [0.25, 0.3) is 12.2 Å². The number of aromatic nitrogens is 3. The molecule has 2 heterocycles. The van der Waals surface area contributed by atoms with Crippen molar-refractivity contribution < 1.29 is 9.15 Å². The van der Waals surface area contributed by atoms with E-state index < -0.39 is 0 Å². The van der Waals surface area contributed by atoms with E-state index in [1.165, 1.54) is 0 Å². The molecule has 0 aliphatic rings. The number of furan rings is 1. The summed E-state index contributed by atoms with van der Waals surface area (Å²) >= 11 is 7.43. The largest absolute Gasteiger partial charge is 0.494 e. The van der Waals surface area contributed by atoms with Crippen LogP contribution in [0.3, 0.4) is 0 Å². The number of hydrogen-bond acceptors (Lipinski definition) is 5. The van der Waals surface area contributed by atoms with Gasteiger partial charge in [0.25, 0.3) is 0 Å². The first-order valence-electron chi connectivity index (χ1n) is 7.87. The molecular formula is C18H18ClN3O2S. The van der Waals surface area contributed by atoms with E-state index in [1.807, 2.05) is 55.5 Å². The number of thioether (sulfide) groups is 1. The lowest BCUT2D eigenvalue weighted by molar-refractivity contribution is 0.318. The van der Waals surface area contributed by atoms with Crippen LogP contribution in [0.4, 0.5) is 0 Å². The van der Waals surface area contributed by atoms with Crippen LogP contribution in [0, 0.1) is 6.92 Å². The second-order valence-electron chi connectivity index (χ2n) is 5.29. The lowest BCUT2D eigenvalue weighted by Gasteiger charge is -2.05. The first-order valence-corrected chi connectivity index (χ1v) is 9.23. The molecule has 2 aromatic heterocycles. The summed E-state index contributed by atoms with van der Waals surface area (Å²) in [5, 5.41) is 8.52. The first-order chi connectivity index (χ1) is 12.2. The quantitative estimate of drug-likeness (QED) is 0.438. The van der Waals surface area contributed by atoms with Gasteiger partial charge in [0.15, 0.2) is 0 Å². The van der Waals surface area contributed by atoms with Gasteiger partial charge in [-0.15, -0.1) is 5.10 Å². The normalized spacial score (nSPS) is 11.3. The average molecular weight is 376 g/mol. The van der Waals surface area contributed by atoms with Gasteiger partial charge in [0.1, 0.15) is 23.1 Å². The Morgan fingerprint density at radius 3 is 2.80 bits per heavy atom. The molecule has 7 heteroatoms. The Bertz CT molecular complexity index is 827. The molecule has 0 saturated heterocycles. The maximum atomic E-state index is 5.84. The van der Waals surface area contributed by atoms with Gasteiger partial charge in [-0.2, -0.15) is 0 Å². The first kappa shape index (κ1) is 17.6. The highest BCUT2D eigenvalue weighted by atomic mass is 35.5. The SMILES string of the molecule is Cc1ccc(/C=C/c2nc(SCCCOc3ccc(Cl)cc3)n[nH]2)o1. The van der Waals surface area contributed by atoms with E-state index in [4.69, 9.17) is 20.8 Å². The van der Waals surface area contributed by atoms with Crippen LogP contribution in [-0.4, -0.2) is 27.5 Å². The van der Waals surface area contributed by atoms with E-state index in [0.29, 0.717) is 17.5 Å². The molecule has 0 aliphatic heterocycles. The Hall–Kier alpha value is -2.18. The molecule has 0 radical (unpaired) electrons. The summed E-state index contributed by atoms with van der Waals surface area (Å²) in [7, 11) is 0. The molecule has 0 amide bonds. The summed E-state index contributed by atoms with van der Waals surface area (Å²) in [6.45, 7) is 2.56. The zero-order valence-electron chi connectivity index (χ0n) is 13.7. The third-order valence-corrected chi connectivity index (χ3v) is 4.44. The number of nitrogens with one attached hydrogen (secondary N) is 1. The number of aromatic amines is 1. The highest BCUT2D eigenvalue weighted by molar-refractivity contribution is 7.99. The maximum Gasteiger partial charge on any atom is 0.208 e. The van der Waals surface area contributed by atoms with Gasteiger partial charge in [-0.3, -0.25) is 5.10 Å². The number of rotatable bonds is 8. The van der Waals surface area contributed by atoms with E-state index in [2.05, 4.69) is 15.2 Å². The van der Waals surface area contributed by atoms with Gasteiger partial charge in [-0.05, 0) is 61.9 Å². The van der Waals surface area contributed by atoms with Crippen molar-refractivity contribution in [3.63, 3.8) is 0 Å². The van der Waals surface area contributed by atoms with Crippen LogP contribution in [0.1, 0.15) is 23.8 Å². The molecule has 0 fully saturated rings. The zero-order chi connectivity index (χ0) is 17.5. The molecule has 130 valence electrons. The van der Waals surface area contributed by atoms with Gasteiger partial charge >= 0.3 is 0 Å². The van der Waals surface area contributed by atoms with E-state index in [-0.39, 0.29) is 0 Å². The van der Waals surface area contributed by atoms with Crippen molar-refractivity contribution in [3.05, 3.63) is 58.8 Å². The van der Waals surface area contributed by atoms with Crippen molar-refractivity contribution in [2.24, 2.45) is 0 Å². The molecular weight excluding hydrogens is 358 g/mol. The summed E-state index contributed by atoms with van der Waals surface area (Å²) in [6.07, 6.45) is 4.61. The summed E-state index contributed by atoms with van der Waals surface area (Å²) in [4.78, 5) is 4.41. The minimum atomic E-state index is 0.643.